The van der Waals surface area contributed by atoms with E-state index in [1.807, 2.05) is 6.07 Å². The number of allylic oxidation sites excluding steroid dienone is 4. The molecule has 5 aromatic carbocycles. The number of hydrogen-bond donors (Lipinski definition) is 1. The second-order valence-corrected chi connectivity index (χ2v) is 12.4. The monoisotopic (exact) mass is 568 g/mol. The lowest BCUT2D eigenvalue weighted by molar-refractivity contribution is 0.650. The van der Waals surface area contributed by atoms with Crippen molar-refractivity contribution in [1.29, 1.82) is 0 Å². The number of nitrogens with one attached hydrogen (secondary N) is 1. The Bertz CT molecular complexity index is 2140. The molecule has 0 saturated carbocycles. The molecule has 44 heavy (non-hydrogen) atoms. The maximum atomic E-state index is 4.32. The van der Waals surface area contributed by atoms with E-state index in [0.29, 0.717) is 0 Å². The minimum atomic E-state index is -0.143. The van der Waals surface area contributed by atoms with E-state index in [2.05, 4.69) is 158 Å². The van der Waals surface area contributed by atoms with E-state index < -0.39 is 0 Å². The summed E-state index contributed by atoms with van der Waals surface area (Å²) < 4.78 is 2.45. The predicted octanol–water partition coefficient (Wildman–Crippen LogP) is 10.7. The van der Waals surface area contributed by atoms with Gasteiger partial charge in [0.2, 0.25) is 0 Å². The molecule has 6 aromatic rings. The van der Waals surface area contributed by atoms with Crippen molar-refractivity contribution in [3.05, 3.63) is 168 Å². The predicted molar refractivity (Wildman–Crippen MR) is 186 cm³/mol. The summed E-state index contributed by atoms with van der Waals surface area (Å²) in [4.78, 5) is 0. The van der Waals surface area contributed by atoms with Crippen LogP contribution in [0, 0.1) is 0 Å². The van der Waals surface area contributed by atoms with Gasteiger partial charge >= 0.3 is 0 Å². The molecule has 1 N–H and O–H groups in total. The fourth-order valence-corrected chi connectivity index (χ4v) is 7.59. The van der Waals surface area contributed by atoms with Crippen LogP contribution in [0.4, 0.5) is 0 Å². The van der Waals surface area contributed by atoms with Crippen LogP contribution < -0.4 is 5.32 Å². The van der Waals surface area contributed by atoms with Crippen molar-refractivity contribution in [1.82, 2.24) is 9.88 Å². The Morgan fingerprint density at radius 1 is 0.773 bits per heavy atom. The minimum Gasteiger partial charge on any atom is -0.379 e. The van der Waals surface area contributed by atoms with Gasteiger partial charge in [0.25, 0.3) is 0 Å². The Hall–Kier alpha value is -5.08. The van der Waals surface area contributed by atoms with Gasteiger partial charge in [-0.15, -0.1) is 0 Å². The third-order valence-electron chi connectivity index (χ3n) is 9.90. The molecule has 0 amide bonds. The van der Waals surface area contributed by atoms with Gasteiger partial charge < -0.3 is 9.88 Å². The number of nitrogens with zero attached hydrogens (tertiary/aromatic N) is 1. The first-order valence-corrected chi connectivity index (χ1v) is 15.7. The molecule has 2 aliphatic rings. The summed E-state index contributed by atoms with van der Waals surface area (Å²) in [5, 5.41) is 6.22. The number of hydrogen-bond acceptors (Lipinski definition) is 1. The van der Waals surface area contributed by atoms with Gasteiger partial charge in [-0.25, -0.2) is 0 Å². The Morgan fingerprint density at radius 3 is 2.41 bits per heavy atom. The van der Waals surface area contributed by atoms with Crippen LogP contribution in [-0.4, -0.2) is 4.57 Å². The molecule has 2 aliphatic carbocycles. The van der Waals surface area contributed by atoms with Gasteiger partial charge in [-0.3, -0.25) is 0 Å². The first-order chi connectivity index (χ1) is 21.5. The van der Waals surface area contributed by atoms with Crippen LogP contribution in [0.1, 0.15) is 55.0 Å². The molecule has 0 spiro atoms. The maximum Gasteiger partial charge on any atom is 0.0547 e. The molecule has 0 saturated heterocycles. The lowest BCUT2D eigenvalue weighted by Crippen LogP contribution is -2.24. The van der Waals surface area contributed by atoms with Crippen molar-refractivity contribution in [2.75, 3.05) is 0 Å². The summed E-state index contributed by atoms with van der Waals surface area (Å²) in [5.41, 5.74) is 13.8. The number of benzene rings is 5. The fourth-order valence-electron chi connectivity index (χ4n) is 7.59. The minimum absolute atomic E-state index is 0.102. The standard InChI is InChI=1S/C42H36N2/c1-28(30-15-6-4-7-16-30)43-29(2)31-17-14-20-33(25-31)44-40-24-13-11-22-35(40)37-26-39-36(27-41(37)44)34-21-10-12-23-38(34)42(39,3)32-18-8-5-9-19-32/h4-8,10-18,20-27,29,43H,1,9,19H2,2-3H3. The fraction of sp³-hybridized carbons (Fsp3) is 0.143. The summed E-state index contributed by atoms with van der Waals surface area (Å²) in [6, 6.07) is 42.2. The SMILES string of the molecule is C=C(NC(C)c1cccc(-n2c3ccccc3c3cc4c(cc32)-c2ccccc2C4(C)C2=CC=CCC2)c1)c1ccccc1. The second-order valence-electron chi connectivity index (χ2n) is 12.4. The molecule has 1 aromatic heterocycles. The lowest BCUT2D eigenvalue weighted by atomic mass is 9.71. The van der Waals surface area contributed by atoms with Crippen molar-refractivity contribution in [3.63, 3.8) is 0 Å². The largest absolute Gasteiger partial charge is 0.379 e. The Balaban J connectivity index is 1.30. The quantitative estimate of drug-likeness (QED) is 0.211. The van der Waals surface area contributed by atoms with Crippen molar-refractivity contribution < 1.29 is 0 Å². The van der Waals surface area contributed by atoms with E-state index in [0.717, 1.165) is 24.1 Å². The summed E-state index contributed by atoms with van der Waals surface area (Å²) in [6.07, 6.45) is 9.08. The van der Waals surface area contributed by atoms with Crippen LogP contribution in [0.15, 0.2) is 146 Å². The van der Waals surface area contributed by atoms with Crippen LogP contribution in [0.2, 0.25) is 0 Å². The topological polar surface area (TPSA) is 17.0 Å². The summed E-state index contributed by atoms with van der Waals surface area (Å²) >= 11 is 0. The smallest absolute Gasteiger partial charge is 0.0547 e. The van der Waals surface area contributed by atoms with Gasteiger partial charge in [-0.1, -0.05) is 115 Å². The van der Waals surface area contributed by atoms with Crippen LogP contribution in [0.5, 0.6) is 0 Å². The summed E-state index contributed by atoms with van der Waals surface area (Å²) in [6.45, 7) is 8.96. The van der Waals surface area contributed by atoms with Crippen LogP contribution in [-0.2, 0) is 5.41 Å². The van der Waals surface area contributed by atoms with E-state index in [9.17, 15) is 0 Å². The first kappa shape index (κ1) is 26.5. The number of fused-ring (bicyclic) bond motifs is 6. The highest BCUT2D eigenvalue weighted by Crippen LogP contribution is 2.55. The van der Waals surface area contributed by atoms with E-state index in [1.54, 1.807) is 0 Å². The zero-order chi connectivity index (χ0) is 29.8. The normalized spacial score (nSPS) is 17.7. The molecule has 0 bridgehead atoms. The Morgan fingerprint density at radius 2 is 1.57 bits per heavy atom. The van der Waals surface area contributed by atoms with Gasteiger partial charge in [-0.05, 0) is 90.4 Å². The molecule has 0 radical (unpaired) electrons. The van der Waals surface area contributed by atoms with Gasteiger partial charge in [0.05, 0.1) is 11.0 Å². The van der Waals surface area contributed by atoms with Crippen molar-refractivity contribution >= 4 is 27.5 Å². The molecule has 2 nitrogen and oxygen atoms in total. The molecule has 214 valence electrons. The third kappa shape index (κ3) is 4.02. The lowest BCUT2D eigenvalue weighted by Gasteiger charge is -2.32. The molecular formula is C42H36N2. The molecule has 2 unspecified atom stereocenters. The second kappa shape index (κ2) is 10.3. The molecule has 2 heteroatoms. The zero-order valence-electron chi connectivity index (χ0n) is 25.3. The van der Waals surface area contributed by atoms with Crippen LogP contribution in [0.3, 0.4) is 0 Å². The molecule has 1 heterocycles. The highest BCUT2D eigenvalue weighted by Gasteiger charge is 2.42. The number of rotatable bonds is 6. The molecule has 2 atom stereocenters. The Labute approximate surface area is 259 Å². The average molecular weight is 569 g/mol. The Kier molecular flexibility index (Phi) is 6.20. The van der Waals surface area contributed by atoms with Gasteiger partial charge in [-0.2, -0.15) is 0 Å². The van der Waals surface area contributed by atoms with Gasteiger partial charge in [0, 0.05) is 33.6 Å². The van der Waals surface area contributed by atoms with Gasteiger partial charge in [0.15, 0.2) is 0 Å². The number of para-hydroxylation sites is 1. The third-order valence-corrected chi connectivity index (χ3v) is 9.90. The van der Waals surface area contributed by atoms with Crippen LogP contribution >= 0.6 is 0 Å². The van der Waals surface area contributed by atoms with Gasteiger partial charge in [0.1, 0.15) is 0 Å². The highest BCUT2D eigenvalue weighted by atomic mass is 15.0. The summed E-state index contributed by atoms with van der Waals surface area (Å²) in [5.74, 6) is 0. The maximum absolute atomic E-state index is 4.32. The molecular weight excluding hydrogens is 532 g/mol. The molecule has 0 aliphatic heterocycles. The first-order valence-electron chi connectivity index (χ1n) is 15.7. The molecule has 8 rings (SSSR count). The van der Waals surface area contributed by atoms with E-state index in [-0.39, 0.29) is 11.5 Å². The zero-order valence-corrected chi connectivity index (χ0v) is 25.3. The summed E-state index contributed by atoms with van der Waals surface area (Å²) in [7, 11) is 0. The van der Waals surface area contributed by atoms with Crippen LogP contribution in [0.25, 0.3) is 44.3 Å². The van der Waals surface area contributed by atoms with Crippen molar-refractivity contribution in [2.24, 2.45) is 0 Å². The average Bonchev–Trinajstić information content (AvgIpc) is 3.54. The van der Waals surface area contributed by atoms with Crippen molar-refractivity contribution in [2.45, 2.75) is 38.1 Å². The van der Waals surface area contributed by atoms with E-state index in [4.69, 9.17) is 0 Å². The van der Waals surface area contributed by atoms with E-state index in [1.165, 1.54) is 60.9 Å². The molecule has 0 fully saturated rings. The number of aromatic nitrogens is 1. The highest BCUT2D eigenvalue weighted by molar-refractivity contribution is 6.11. The van der Waals surface area contributed by atoms with Crippen molar-refractivity contribution in [3.8, 4) is 16.8 Å². The van der Waals surface area contributed by atoms with E-state index >= 15 is 0 Å².